The molecule has 0 saturated heterocycles. The Morgan fingerprint density at radius 3 is 2.44 bits per heavy atom. The fraction of sp³-hybridized carbons (Fsp3) is 0.400. The molecule has 0 heterocycles. The molecule has 98 valence electrons. The summed E-state index contributed by atoms with van der Waals surface area (Å²) in [6.45, 7) is 8.40. The van der Waals surface area contributed by atoms with Crippen LogP contribution < -0.4 is 0 Å². The highest BCUT2D eigenvalue weighted by atomic mass is 16.5. The maximum atomic E-state index is 11.4. The molecule has 0 aliphatic rings. The van der Waals surface area contributed by atoms with Crippen molar-refractivity contribution in [2.75, 3.05) is 13.7 Å². The molecular formula is C15H21NO2. The largest absolute Gasteiger partial charge is 0.374 e. The molecule has 0 radical (unpaired) electrons. The van der Waals surface area contributed by atoms with Crippen LogP contribution >= 0.6 is 0 Å². The van der Waals surface area contributed by atoms with Crippen LogP contribution in [0.3, 0.4) is 0 Å². The summed E-state index contributed by atoms with van der Waals surface area (Å²) in [6.07, 6.45) is 0. The fourth-order valence-corrected chi connectivity index (χ4v) is 1.67. The second kappa shape index (κ2) is 6.97. The Morgan fingerprint density at radius 1 is 1.33 bits per heavy atom. The molecule has 1 atom stereocenters. The SMILES string of the molecule is C=C(C)C(COCc1ccccc1)N(C)C(C)=O. The minimum Gasteiger partial charge on any atom is -0.374 e. The van der Waals surface area contributed by atoms with Crippen LogP contribution in [0.25, 0.3) is 0 Å². The zero-order valence-electron chi connectivity index (χ0n) is 11.3. The number of carbonyl (C=O) groups excluding carboxylic acids is 1. The number of rotatable bonds is 6. The molecule has 0 fully saturated rings. The summed E-state index contributed by atoms with van der Waals surface area (Å²) in [5.41, 5.74) is 2.06. The number of carbonyl (C=O) groups is 1. The Labute approximate surface area is 109 Å². The third-order valence-corrected chi connectivity index (χ3v) is 2.92. The van der Waals surface area contributed by atoms with Gasteiger partial charge in [-0.15, -0.1) is 0 Å². The van der Waals surface area contributed by atoms with Crippen LogP contribution in [-0.4, -0.2) is 30.5 Å². The molecule has 1 amide bonds. The summed E-state index contributed by atoms with van der Waals surface area (Å²) < 4.78 is 5.66. The van der Waals surface area contributed by atoms with Gasteiger partial charge in [0.15, 0.2) is 0 Å². The third-order valence-electron chi connectivity index (χ3n) is 2.92. The average Bonchev–Trinajstić information content (AvgIpc) is 2.34. The first-order valence-corrected chi connectivity index (χ1v) is 6.03. The second-order valence-corrected chi connectivity index (χ2v) is 4.49. The Bertz CT molecular complexity index is 400. The molecular weight excluding hydrogens is 226 g/mol. The van der Waals surface area contributed by atoms with E-state index in [0.717, 1.165) is 11.1 Å². The predicted octanol–water partition coefficient (Wildman–Crippen LogP) is 2.63. The summed E-state index contributed by atoms with van der Waals surface area (Å²) in [6, 6.07) is 9.91. The number of nitrogens with zero attached hydrogens (tertiary/aromatic N) is 1. The molecule has 3 heteroatoms. The zero-order valence-corrected chi connectivity index (χ0v) is 11.3. The van der Waals surface area contributed by atoms with Crippen LogP contribution in [0, 0.1) is 0 Å². The summed E-state index contributed by atoms with van der Waals surface area (Å²) in [5.74, 6) is 0.0197. The van der Waals surface area contributed by atoms with Gasteiger partial charge in [-0.1, -0.05) is 42.5 Å². The highest BCUT2D eigenvalue weighted by molar-refractivity contribution is 5.73. The maximum absolute atomic E-state index is 11.4. The first kappa shape index (κ1) is 14.5. The van der Waals surface area contributed by atoms with Gasteiger partial charge in [-0.3, -0.25) is 4.79 Å². The van der Waals surface area contributed by atoms with Gasteiger partial charge in [0.2, 0.25) is 5.91 Å². The van der Waals surface area contributed by atoms with Crippen LogP contribution in [0.4, 0.5) is 0 Å². The molecule has 18 heavy (non-hydrogen) atoms. The number of hydrogen-bond donors (Lipinski definition) is 0. The quantitative estimate of drug-likeness (QED) is 0.723. The van der Waals surface area contributed by atoms with E-state index in [1.54, 1.807) is 18.9 Å². The van der Waals surface area contributed by atoms with E-state index in [-0.39, 0.29) is 11.9 Å². The normalized spacial score (nSPS) is 11.9. The molecule has 0 N–H and O–H groups in total. The van der Waals surface area contributed by atoms with Crippen molar-refractivity contribution >= 4 is 5.91 Å². The van der Waals surface area contributed by atoms with E-state index in [0.29, 0.717) is 13.2 Å². The van der Waals surface area contributed by atoms with Gasteiger partial charge >= 0.3 is 0 Å². The van der Waals surface area contributed by atoms with Crippen LogP contribution in [0.2, 0.25) is 0 Å². The van der Waals surface area contributed by atoms with Gasteiger partial charge < -0.3 is 9.64 Å². The minimum absolute atomic E-state index is 0.0197. The molecule has 0 spiro atoms. The first-order chi connectivity index (χ1) is 8.52. The van der Waals surface area contributed by atoms with Crippen molar-refractivity contribution in [3.05, 3.63) is 48.0 Å². The highest BCUT2D eigenvalue weighted by Gasteiger charge is 2.17. The molecule has 0 aliphatic carbocycles. The highest BCUT2D eigenvalue weighted by Crippen LogP contribution is 2.09. The van der Waals surface area contributed by atoms with Crippen molar-refractivity contribution in [1.82, 2.24) is 4.90 Å². The van der Waals surface area contributed by atoms with Crippen molar-refractivity contribution in [1.29, 1.82) is 0 Å². The Morgan fingerprint density at radius 2 is 1.94 bits per heavy atom. The van der Waals surface area contributed by atoms with E-state index in [9.17, 15) is 4.79 Å². The summed E-state index contributed by atoms with van der Waals surface area (Å²) in [4.78, 5) is 13.0. The van der Waals surface area contributed by atoms with Gasteiger partial charge in [-0.05, 0) is 12.5 Å². The Kier molecular flexibility index (Phi) is 5.59. The summed E-state index contributed by atoms with van der Waals surface area (Å²) in [5, 5.41) is 0. The maximum Gasteiger partial charge on any atom is 0.219 e. The van der Waals surface area contributed by atoms with Crippen molar-refractivity contribution in [2.24, 2.45) is 0 Å². The van der Waals surface area contributed by atoms with Crippen LogP contribution in [-0.2, 0) is 16.1 Å². The summed E-state index contributed by atoms with van der Waals surface area (Å²) >= 11 is 0. The second-order valence-electron chi connectivity index (χ2n) is 4.49. The number of likely N-dealkylation sites (N-methyl/N-ethyl adjacent to an activating group) is 1. The lowest BCUT2D eigenvalue weighted by Crippen LogP contribution is -2.39. The summed E-state index contributed by atoms with van der Waals surface area (Å²) in [7, 11) is 1.77. The zero-order chi connectivity index (χ0) is 13.5. The van der Waals surface area contributed by atoms with Crippen LogP contribution in [0.1, 0.15) is 19.4 Å². The number of benzene rings is 1. The topological polar surface area (TPSA) is 29.5 Å². The predicted molar refractivity (Wildman–Crippen MR) is 73.1 cm³/mol. The van der Waals surface area contributed by atoms with Gasteiger partial charge in [0.25, 0.3) is 0 Å². The smallest absolute Gasteiger partial charge is 0.219 e. The van der Waals surface area contributed by atoms with Crippen molar-refractivity contribution in [2.45, 2.75) is 26.5 Å². The van der Waals surface area contributed by atoms with Crippen molar-refractivity contribution < 1.29 is 9.53 Å². The lowest BCUT2D eigenvalue weighted by atomic mass is 10.1. The van der Waals surface area contributed by atoms with E-state index in [4.69, 9.17) is 4.74 Å². The number of hydrogen-bond acceptors (Lipinski definition) is 2. The lowest BCUT2D eigenvalue weighted by Gasteiger charge is -2.27. The van der Waals surface area contributed by atoms with E-state index in [1.165, 1.54) is 0 Å². The molecule has 0 bridgehead atoms. The molecule has 1 aromatic carbocycles. The minimum atomic E-state index is -0.0637. The van der Waals surface area contributed by atoms with Gasteiger partial charge in [0.1, 0.15) is 0 Å². The lowest BCUT2D eigenvalue weighted by molar-refractivity contribution is -0.130. The van der Waals surface area contributed by atoms with Crippen molar-refractivity contribution in [3.63, 3.8) is 0 Å². The molecule has 3 nitrogen and oxygen atoms in total. The fourth-order valence-electron chi connectivity index (χ4n) is 1.67. The van der Waals surface area contributed by atoms with Gasteiger partial charge in [0, 0.05) is 14.0 Å². The first-order valence-electron chi connectivity index (χ1n) is 6.03. The van der Waals surface area contributed by atoms with Crippen LogP contribution in [0.5, 0.6) is 0 Å². The van der Waals surface area contributed by atoms with Crippen molar-refractivity contribution in [3.8, 4) is 0 Å². The third kappa shape index (κ3) is 4.34. The van der Waals surface area contributed by atoms with Gasteiger partial charge in [-0.2, -0.15) is 0 Å². The molecule has 0 saturated carbocycles. The molecule has 0 aromatic heterocycles. The molecule has 1 unspecified atom stereocenters. The monoisotopic (exact) mass is 247 g/mol. The molecule has 1 rings (SSSR count). The van der Waals surface area contributed by atoms with E-state index < -0.39 is 0 Å². The number of ether oxygens (including phenoxy) is 1. The Balaban J connectivity index is 2.48. The molecule has 1 aromatic rings. The van der Waals surface area contributed by atoms with E-state index >= 15 is 0 Å². The average molecular weight is 247 g/mol. The van der Waals surface area contributed by atoms with E-state index in [1.807, 2.05) is 37.3 Å². The van der Waals surface area contributed by atoms with Crippen LogP contribution in [0.15, 0.2) is 42.5 Å². The van der Waals surface area contributed by atoms with Gasteiger partial charge in [0.05, 0.1) is 19.3 Å². The van der Waals surface area contributed by atoms with E-state index in [2.05, 4.69) is 6.58 Å². The standard InChI is InChI=1S/C15H21NO2/c1-12(2)15(16(4)13(3)17)11-18-10-14-8-6-5-7-9-14/h5-9,15H,1,10-11H2,2-4H3. The number of amides is 1. The Hall–Kier alpha value is -1.61. The van der Waals surface area contributed by atoms with Gasteiger partial charge in [-0.25, -0.2) is 0 Å². The molecule has 0 aliphatic heterocycles.